The molecule has 1 aromatic carbocycles. The largest absolute Gasteiger partial charge is 0.449 e. The minimum atomic E-state index is -0.805. The van der Waals surface area contributed by atoms with Crippen molar-refractivity contribution in [1.82, 2.24) is 9.88 Å². The van der Waals surface area contributed by atoms with Crippen molar-refractivity contribution in [2.45, 2.75) is 51.7 Å². The summed E-state index contributed by atoms with van der Waals surface area (Å²) in [5.74, 6) is -0.206. The predicted octanol–water partition coefficient (Wildman–Crippen LogP) is 3.42. The van der Waals surface area contributed by atoms with Crippen molar-refractivity contribution in [3.8, 4) is 0 Å². The molecule has 0 bridgehead atoms. The highest BCUT2D eigenvalue weighted by atomic mass is 16.5. The summed E-state index contributed by atoms with van der Waals surface area (Å²) in [6.45, 7) is 3.79. The number of aromatic nitrogens is 1. The molecule has 3 atom stereocenters. The number of ether oxygens (including phenoxy) is 1. The topological polar surface area (TPSA) is 60.3 Å². The molecule has 5 nitrogen and oxygen atoms in total. The van der Waals surface area contributed by atoms with Gasteiger partial charge in [0.25, 0.3) is 5.91 Å². The van der Waals surface area contributed by atoms with E-state index in [9.17, 15) is 9.59 Å². The lowest BCUT2D eigenvalue weighted by atomic mass is 9.86. The van der Waals surface area contributed by atoms with Crippen molar-refractivity contribution in [3.05, 3.63) is 36.0 Å². The van der Waals surface area contributed by atoms with E-state index in [-0.39, 0.29) is 11.9 Å². The second kappa shape index (κ2) is 7.30. The van der Waals surface area contributed by atoms with Crippen LogP contribution in [0.5, 0.6) is 0 Å². The monoisotopic (exact) mass is 342 g/mol. The van der Waals surface area contributed by atoms with Crippen molar-refractivity contribution in [2.75, 3.05) is 0 Å². The number of hydrogen-bond donors (Lipinski definition) is 1. The molecule has 0 saturated heterocycles. The Labute approximate surface area is 148 Å². The average molecular weight is 342 g/mol. The van der Waals surface area contributed by atoms with Crippen LogP contribution in [0.1, 0.15) is 49.9 Å². The number of nitrogens with zero attached hydrogens (tertiary/aromatic N) is 1. The van der Waals surface area contributed by atoms with Gasteiger partial charge in [-0.2, -0.15) is 0 Å². The highest BCUT2D eigenvalue weighted by Crippen LogP contribution is 2.24. The van der Waals surface area contributed by atoms with E-state index in [1.54, 1.807) is 13.1 Å². The Bertz CT molecular complexity index is 780. The Balaban J connectivity index is 1.66. The van der Waals surface area contributed by atoms with Gasteiger partial charge in [0.15, 0.2) is 6.10 Å². The molecule has 5 heteroatoms. The van der Waals surface area contributed by atoms with Gasteiger partial charge >= 0.3 is 5.97 Å². The summed E-state index contributed by atoms with van der Waals surface area (Å²) in [5.41, 5.74) is 1.45. The summed E-state index contributed by atoms with van der Waals surface area (Å²) in [6, 6.07) is 7.84. The van der Waals surface area contributed by atoms with Crippen LogP contribution < -0.4 is 5.32 Å². The van der Waals surface area contributed by atoms with Gasteiger partial charge in [0.05, 0.1) is 5.56 Å². The number of benzene rings is 1. The van der Waals surface area contributed by atoms with Crippen LogP contribution in [0.3, 0.4) is 0 Å². The van der Waals surface area contributed by atoms with Crippen LogP contribution >= 0.6 is 0 Å². The Kier molecular flexibility index (Phi) is 5.11. The molecule has 1 N–H and O–H groups in total. The lowest BCUT2D eigenvalue weighted by Crippen LogP contribution is -2.45. The van der Waals surface area contributed by atoms with E-state index in [1.165, 1.54) is 6.42 Å². The Morgan fingerprint density at radius 2 is 1.96 bits per heavy atom. The van der Waals surface area contributed by atoms with Gasteiger partial charge in [0, 0.05) is 30.2 Å². The molecule has 25 heavy (non-hydrogen) atoms. The zero-order chi connectivity index (χ0) is 18.0. The highest BCUT2D eigenvalue weighted by molar-refractivity contribution is 6.05. The molecule has 1 fully saturated rings. The van der Waals surface area contributed by atoms with Crippen LogP contribution in [0.15, 0.2) is 30.5 Å². The molecular weight excluding hydrogens is 316 g/mol. The van der Waals surface area contributed by atoms with Crippen molar-refractivity contribution in [1.29, 1.82) is 0 Å². The fraction of sp³-hybridized carbons (Fsp3) is 0.500. The average Bonchev–Trinajstić information content (AvgIpc) is 2.94. The number of para-hydroxylation sites is 1. The molecule has 0 unspecified atom stereocenters. The number of amides is 1. The van der Waals surface area contributed by atoms with Gasteiger partial charge in [-0.25, -0.2) is 4.79 Å². The molecular formula is C20H26N2O3. The van der Waals surface area contributed by atoms with E-state index < -0.39 is 12.1 Å². The second-order valence-electron chi connectivity index (χ2n) is 7.10. The molecule has 0 radical (unpaired) electrons. The van der Waals surface area contributed by atoms with Crippen LogP contribution in [0, 0.1) is 5.92 Å². The minimum Gasteiger partial charge on any atom is -0.449 e. The predicted molar refractivity (Wildman–Crippen MR) is 97.4 cm³/mol. The number of esters is 1. The molecule has 3 rings (SSSR count). The van der Waals surface area contributed by atoms with Crippen molar-refractivity contribution < 1.29 is 14.3 Å². The highest BCUT2D eigenvalue weighted by Gasteiger charge is 2.27. The Morgan fingerprint density at radius 1 is 1.24 bits per heavy atom. The number of fused-ring (bicyclic) bond motifs is 1. The number of aryl methyl sites for hydroxylation is 1. The fourth-order valence-corrected chi connectivity index (χ4v) is 3.61. The summed E-state index contributed by atoms with van der Waals surface area (Å²) in [6.07, 6.45) is 5.44. The molecule has 134 valence electrons. The normalized spacial score (nSPS) is 21.7. The van der Waals surface area contributed by atoms with Crippen LogP contribution in [0.25, 0.3) is 10.9 Å². The fourth-order valence-electron chi connectivity index (χ4n) is 3.61. The van der Waals surface area contributed by atoms with E-state index in [0.29, 0.717) is 11.5 Å². The number of hydrogen-bond acceptors (Lipinski definition) is 3. The standard InChI is InChI=1S/C20H26N2O3/c1-13-8-4-6-10-17(13)21-19(23)14(2)25-20(24)16-12-22(3)18-11-7-5-9-15(16)18/h5,7,9,11-14,17H,4,6,8,10H2,1-3H3,(H,21,23)/t13-,14-,17-/m1/s1. The van der Waals surface area contributed by atoms with Gasteiger partial charge in [0.1, 0.15) is 0 Å². The first kappa shape index (κ1) is 17.5. The van der Waals surface area contributed by atoms with Gasteiger partial charge in [-0.3, -0.25) is 4.79 Å². The first-order valence-electron chi connectivity index (χ1n) is 9.03. The lowest BCUT2D eigenvalue weighted by Gasteiger charge is -2.30. The zero-order valence-corrected chi connectivity index (χ0v) is 15.1. The molecule has 2 aromatic rings. The molecule has 1 aliphatic rings. The summed E-state index contributed by atoms with van der Waals surface area (Å²) < 4.78 is 7.32. The number of carbonyl (C=O) groups is 2. The molecule has 0 aliphatic heterocycles. The molecule has 1 aromatic heterocycles. The summed E-state index contributed by atoms with van der Waals surface area (Å²) in [4.78, 5) is 24.9. The summed E-state index contributed by atoms with van der Waals surface area (Å²) >= 11 is 0. The first-order chi connectivity index (χ1) is 12.0. The maximum atomic E-state index is 12.5. The Hall–Kier alpha value is -2.30. The van der Waals surface area contributed by atoms with Gasteiger partial charge < -0.3 is 14.6 Å². The van der Waals surface area contributed by atoms with Crippen molar-refractivity contribution in [2.24, 2.45) is 13.0 Å². The van der Waals surface area contributed by atoms with Gasteiger partial charge in [-0.1, -0.05) is 38.0 Å². The minimum absolute atomic E-state index is 0.181. The Morgan fingerprint density at radius 3 is 2.72 bits per heavy atom. The lowest BCUT2D eigenvalue weighted by molar-refractivity contribution is -0.130. The number of nitrogens with one attached hydrogen (secondary N) is 1. The quantitative estimate of drug-likeness (QED) is 0.866. The summed E-state index contributed by atoms with van der Waals surface area (Å²) in [7, 11) is 1.89. The van der Waals surface area contributed by atoms with Crippen LogP contribution in [-0.2, 0) is 16.6 Å². The van der Waals surface area contributed by atoms with Crippen LogP contribution in [-0.4, -0.2) is 28.6 Å². The van der Waals surface area contributed by atoms with Crippen molar-refractivity contribution in [3.63, 3.8) is 0 Å². The van der Waals surface area contributed by atoms with Crippen LogP contribution in [0.2, 0.25) is 0 Å². The molecule has 1 aliphatic carbocycles. The smallest absolute Gasteiger partial charge is 0.341 e. The van der Waals surface area contributed by atoms with E-state index in [0.717, 1.165) is 30.2 Å². The van der Waals surface area contributed by atoms with Crippen molar-refractivity contribution >= 4 is 22.8 Å². The zero-order valence-electron chi connectivity index (χ0n) is 15.1. The van der Waals surface area contributed by atoms with Gasteiger partial charge in [-0.15, -0.1) is 0 Å². The molecule has 1 saturated carbocycles. The van der Waals surface area contributed by atoms with Gasteiger partial charge in [-0.05, 0) is 31.7 Å². The van der Waals surface area contributed by atoms with E-state index in [2.05, 4.69) is 12.2 Å². The maximum Gasteiger partial charge on any atom is 0.341 e. The molecule has 1 amide bonds. The maximum absolute atomic E-state index is 12.5. The molecule has 0 spiro atoms. The van der Waals surface area contributed by atoms with E-state index >= 15 is 0 Å². The molecule has 1 heterocycles. The van der Waals surface area contributed by atoms with E-state index in [1.807, 2.05) is 35.9 Å². The third kappa shape index (κ3) is 3.70. The third-order valence-electron chi connectivity index (χ3n) is 5.21. The van der Waals surface area contributed by atoms with Gasteiger partial charge in [0.2, 0.25) is 0 Å². The second-order valence-corrected chi connectivity index (χ2v) is 7.10. The first-order valence-corrected chi connectivity index (χ1v) is 9.03. The number of rotatable bonds is 4. The number of carbonyl (C=O) groups excluding carboxylic acids is 2. The summed E-state index contributed by atoms with van der Waals surface area (Å²) in [5, 5.41) is 3.88. The third-order valence-corrected chi connectivity index (χ3v) is 5.21. The SMILES string of the molecule is C[C@@H]1CCCC[C@H]1NC(=O)[C@@H](C)OC(=O)c1cn(C)c2ccccc12. The van der Waals surface area contributed by atoms with E-state index in [4.69, 9.17) is 4.74 Å². The van der Waals surface area contributed by atoms with Crippen LogP contribution in [0.4, 0.5) is 0 Å².